The molecule has 23 heavy (non-hydrogen) atoms. The minimum Gasteiger partial charge on any atom is -0.478 e. The maximum absolute atomic E-state index is 12.8. The zero-order chi connectivity index (χ0) is 18.8. The van der Waals surface area contributed by atoms with E-state index in [4.69, 9.17) is 5.11 Å². The van der Waals surface area contributed by atoms with Gasteiger partial charge in [0.25, 0.3) is 0 Å². The third-order valence-electron chi connectivity index (χ3n) is 2.05. The molecule has 0 aliphatic heterocycles. The lowest BCUT2D eigenvalue weighted by atomic mass is 10.1. The fraction of sp³-hybridized carbons (Fsp3) is 0.538. The number of esters is 1. The Morgan fingerprint density at radius 3 is 2.00 bits per heavy atom. The highest BCUT2D eigenvalue weighted by molar-refractivity contribution is 5.84. The summed E-state index contributed by atoms with van der Waals surface area (Å²) in [5.41, 5.74) is 0.176. The van der Waals surface area contributed by atoms with E-state index in [0.29, 0.717) is 6.08 Å². The van der Waals surface area contributed by atoms with Crippen LogP contribution in [0.5, 0.6) is 0 Å². The van der Waals surface area contributed by atoms with E-state index < -0.39 is 49.7 Å². The van der Waals surface area contributed by atoms with Crippen LogP contribution in [0.4, 0.5) is 26.3 Å². The van der Waals surface area contributed by atoms with E-state index in [9.17, 15) is 35.9 Å². The first-order valence-electron chi connectivity index (χ1n) is 6.05. The van der Waals surface area contributed by atoms with Gasteiger partial charge in [-0.3, -0.25) is 0 Å². The summed E-state index contributed by atoms with van der Waals surface area (Å²) in [6, 6.07) is 0. The van der Waals surface area contributed by atoms with E-state index in [-0.39, 0.29) is 5.57 Å². The minimum atomic E-state index is -4.53. The van der Waals surface area contributed by atoms with Gasteiger partial charge in [0.2, 0.25) is 6.17 Å². The van der Waals surface area contributed by atoms with Crippen molar-refractivity contribution in [2.45, 2.75) is 44.6 Å². The lowest BCUT2D eigenvalue weighted by molar-refractivity contribution is -0.259. The van der Waals surface area contributed by atoms with Gasteiger partial charge in [-0.05, 0) is 19.8 Å². The van der Waals surface area contributed by atoms with Crippen molar-refractivity contribution >= 4 is 11.9 Å². The highest BCUT2D eigenvalue weighted by Crippen LogP contribution is 2.29. The second kappa shape index (κ2) is 9.90. The predicted octanol–water partition coefficient (Wildman–Crippen LogP) is 4.03. The first kappa shape index (κ1) is 23.3. The van der Waals surface area contributed by atoms with E-state index in [0.717, 1.165) is 0 Å². The van der Waals surface area contributed by atoms with E-state index in [1.165, 1.54) is 6.92 Å². The van der Waals surface area contributed by atoms with Crippen molar-refractivity contribution in [2.75, 3.05) is 0 Å². The van der Waals surface area contributed by atoms with Crippen LogP contribution in [0.3, 0.4) is 0 Å². The molecule has 0 bridgehead atoms. The second-order valence-electron chi connectivity index (χ2n) is 4.25. The van der Waals surface area contributed by atoms with Crippen LogP contribution < -0.4 is 0 Å². The van der Waals surface area contributed by atoms with Crippen LogP contribution in [-0.2, 0) is 14.3 Å². The number of alkyl halides is 6. The molecule has 134 valence electrons. The molecule has 4 nitrogen and oxygen atoms in total. The van der Waals surface area contributed by atoms with Crippen LogP contribution in [0.15, 0.2) is 24.8 Å². The monoisotopic (exact) mass is 350 g/mol. The lowest BCUT2D eigenvalue weighted by Crippen LogP contribution is -2.35. The molecule has 0 aliphatic carbocycles. The molecule has 0 aromatic rings. The smallest absolute Gasteiger partial charge is 0.432 e. The molecule has 0 rings (SSSR count). The quantitative estimate of drug-likeness (QED) is 0.428. The summed E-state index contributed by atoms with van der Waals surface area (Å²) in [6.07, 6.45) is -14.8. The van der Waals surface area contributed by atoms with Gasteiger partial charge in [0.05, 0.1) is 0 Å². The number of hydrogen-bond donors (Lipinski definition) is 1. The Hall–Kier alpha value is -2.00. The summed E-state index contributed by atoms with van der Waals surface area (Å²) in [6.45, 7) is 7.42. The van der Waals surface area contributed by atoms with Crippen molar-refractivity contribution in [1.82, 2.24) is 0 Å². The lowest BCUT2D eigenvalue weighted by Gasteiger charge is -2.19. The van der Waals surface area contributed by atoms with Gasteiger partial charge in [-0.15, -0.1) is 0 Å². The fourth-order valence-corrected chi connectivity index (χ4v) is 0.889. The molecular formula is C13H16F6O4. The first-order valence-corrected chi connectivity index (χ1v) is 6.05. The molecule has 0 heterocycles. The second-order valence-corrected chi connectivity index (χ2v) is 4.25. The third-order valence-corrected chi connectivity index (χ3v) is 2.05. The van der Waals surface area contributed by atoms with Gasteiger partial charge < -0.3 is 9.84 Å². The molecule has 10 heteroatoms. The molecule has 1 N–H and O–H groups in total. The molecular weight excluding hydrogens is 334 g/mol. The molecule has 1 unspecified atom stereocenters. The number of carbonyl (C=O) groups is 2. The van der Waals surface area contributed by atoms with E-state index >= 15 is 0 Å². The summed E-state index contributed by atoms with van der Waals surface area (Å²) in [5, 5.41) is 7.89. The predicted molar refractivity (Wildman–Crippen MR) is 68.5 cm³/mol. The molecule has 0 spiro atoms. The van der Waals surface area contributed by atoms with Crippen LogP contribution in [0.1, 0.15) is 26.2 Å². The number of carbonyl (C=O) groups excluding carboxylic acids is 1. The van der Waals surface area contributed by atoms with Crippen molar-refractivity contribution in [1.29, 1.82) is 0 Å². The molecule has 0 saturated heterocycles. The zero-order valence-corrected chi connectivity index (χ0v) is 12.1. The summed E-state index contributed by atoms with van der Waals surface area (Å²) >= 11 is 0. The van der Waals surface area contributed by atoms with Crippen LogP contribution >= 0.6 is 0 Å². The van der Waals surface area contributed by atoms with Crippen LogP contribution in [-0.4, -0.2) is 35.5 Å². The van der Waals surface area contributed by atoms with Crippen molar-refractivity contribution in [3.63, 3.8) is 0 Å². The van der Waals surface area contributed by atoms with Gasteiger partial charge >= 0.3 is 24.2 Å². The Bertz CT molecular complexity index is 419. The van der Waals surface area contributed by atoms with Crippen molar-refractivity contribution < 1.29 is 45.8 Å². The topological polar surface area (TPSA) is 63.6 Å². The minimum absolute atomic E-state index is 0.176. The van der Waals surface area contributed by atoms with E-state index in [2.05, 4.69) is 17.9 Å². The van der Waals surface area contributed by atoms with Crippen LogP contribution in [0.2, 0.25) is 0 Å². The van der Waals surface area contributed by atoms with Gasteiger partial charge in [-0.1, -0.05) is 13.2 Å². The van der Waals surface area contributed by atoms with Crippen LogP contribution in [0.25, 0.3) is 0 Å². The Kier molecular flexibility index (Phi) is 10.0. The Balaban J connectivity index is 0. The summed E-state index contributed by atoms with van der Waals surface area (Å²) in [7, 11) is 0. The van der Waals surface area contributed by atoms with Gasteiger partial charge in [-0.2, -0.15) is 22.0 Å². The van der Waals surface area contributed by atoms with Gasteiger partial charge in [0.15, 0.2) is 0 Å². The normalized spacial score (nSPS) is 12.5. The van der Waals surface area contributed by atoms with Crippen molar-refractivity contribution in [3.05, 3.63) is 24.8 Å². The van der Waals surface area contributed by atoms with Crippen LogP contribution in [0, 0.1) is 0 Å². The highest BCUT2D eigenvalue weighted by atomic mass is 19.4. The fourth-order valence-electron chi connectivity index (χ4n) is 0.889. The summed E-state index contributed by atoms with van der Waals surface area (Å²) < 4.78 is 76.6. The molecule has 0 aromatic heterocycles. The van der Waals surface area contributed by atoms with E-state index in [1.54, 1.807) is 0 Å². The summed E-state index contributed by atoms with van der Waals surface area (Å²) in [4.78, 5) is 20.0. The molecule has 0 amide bonds. The molecule has 0 fully saturated rings. The third kappa shape index (κ3) is 13.4. The molecule has 0 saturated carbocycles. The Labute approximate surface area is 128 Å². The molecule has 1 atom stereocenters. The van der Waals surface area contributed by atoms with E-state index in [1.807, 2.05) is 0 Å². The summed E-state index contributed by atoms with van der Waals surface area (Å²) in [5.74, 6) is -2.48. The average Bonchev–Trinajstić information content (AvgIpc) is 2.36. The maximum Gasteiger partial charge on any atom is 0.432 e. The number of halogens is 6. The zero-order valence-electron chi connectivity index (χ0n) is 12.1. The largest absolute Gasteiger partial charge is 0.478 e. The van der Waals surface area contributed by atoms with Gasteiger partial charge in [0.1, 0.15) is 0 Å². The number of ether oxygens (including phenoxy) is 1. The SMILES string of the molecule is C=C(C)C(=O)O.C=CC(=O)OC(F)(F)C(F)CCCC(F)(F)F. The average molecular weight is 350 g/mol. The number of carboxylic acid groups (broad SMARTS) is 1. The number of rotatable bonds is 7. The van der Waals surface area contributed by atoms with Gasteiger partial charge in [-0.25, -0.2) is 14.0 Å². The highest BCUT2D eigenvalue weighted by Gasteiger charge is 2.44. The molecule has 0 radical (unpaired) electrons. The molecule has 0 aromatic carbocycles. The molecule has 0 aliphatic rings. The Morgan fingerprint density at radius 2 is 1.70 bits per heavy atom. The standard InChI is InChI=1S/C9H10F6O2.C4H6O2/c1-2-7(16)17-9(14,15)6(10)4-3-5-8(11,12)13;1-3(2)4(5)6/h2,6H,1,3-5H2;1H2,2H3,(H,5,6). The van der Waals surface area contributed by atoms with Crippen molar-refractivity contribution in [3.8, 4) is 0 Å². The maximum atomic E-state index is 12.8. The number of hydrogen-bond acceptors (Lipinski definition) is 3. The van der Waals surface area contributed by atoms with Crippen molar-refractivity contribution in [2.24, 2.45) is 0 Å². The Morgan fingerprint density at radius 1 is 1.26 bits per heavy atom. The number of carboxylic acids is 1. The number of aliphatic carboxylic acids is 1. The first-order chi connectivity index (χ1) is 10.2. The van der Waals surface area contributed by atoms with Gasteiger partial charge in [0, 0.05) is 18.1 Å².